The van der Waals surface area contributed by atoms with Gasteiger partial charge in [0.1, 0.15) is 11.5 Å². The van der Waals surface area contributed by atoms with Crippen LogP contribution in [-0.2, 0) is 4.79 Å². The van der Waals surface area contributed by atoms with Crippen LogP contribution >= 0.6 is 11.6 Å². The molecule has 3 rings (SSSR count). The lowest BCUT2D eigenvalue weighted by atomic mass is 10.0. The molecule has 4 nitrogen and oxygen atoms in total. The van der Waals surface area contributed by atoms with Crippen LogP contribution in [0.1, 0.15) is 32.3 Å². The van der Waals surface area contributed by atoms with Gasteiger partial charge in [-0.25, -0.2) is 0 Å². The summed E-state index contributed by atoms with van der Waals surface area (Å²) in [5.74, 6) is 1.88. The molecule has 0 fully saturated rings. The lowest BCUT2D eigenvalue weighted by molar-refractivity contribution is -0.122. The molecule has 3 aromatic carbocycles. The summed E-state index contributed by atoms with van der Waals surface area (Å²) in [6.07, 6.45) is -0.696. The SMILES string of the molecule is CC(C)c1ccccc1O[C@@H](C)C(=O)Nc1cc(Cl)ccc1Oc1ccccc1. The van der Waals surface area contributed by atoms with Crippen LogP contribution in [0.2, 0.25) is 5.02 Å². The lowest BCUT2D eigenvalue weighted by Gasteiger charge is -2.19. The van der Waals surface area contributed by atoms with Crippen LogP contribution in [0.15, 0.2) is 72.8 Å². The Balaban J connectivity index is 1.75. The van der Waals surface area contributed by atoms with Crippen molar-refractivity contribution in [1.29, 1.82) is 0 Å². The third-order valence-corrected chi connectivity index (χ3v) is 4.62. The molecule has 0 aliphatic carbocycles. The first-order valence-electron chi connectivity index (χ1n) is 9.53. The Morgan fingerprint density at radius 1 is 0.897 bits per heavy atom. The molecule has 0 unspecified atom stereocenters. The fourth-order valence-corrected chi connectivity index (χ4v) is 3.02. The van der Waals surface area contributed by atoms with Gasteiger partial charge in [0.2, 0.25) is 0 Å². The maximum Gasteiger partial charge on any atom is 0.265 e. The maximum atomic E-state index is 12.8. The molecule has 29 heavy (non-hydrogen) atoms. The summed E-state index contributed by atoms with van der Waals surface area (Å²) < 4.78 is 11.8. The minimum atomic E-state index is -0.696. The van der Waals surface area contributed by atoms with E-state index < -0.39 is 6.10 Å². The van der Waals surface area contributed by atoms with Gasteiger partial charge in [0, 0.05) is 5.02 Å². The Labute approximate surface area is 176 Å². The first-order chi connectivity index (χ1) is 13.9. The quantitative estimate of drug-likeness (QED) is 0.474. The summed E-state index contributed by atoms with van der Waals surface area (Å²) in [6, 6.07) is 22.2. The average Bonchev–Trinajstić information content (AvgIpc) is 2.71. The number of anilines is 1. The Hall–Kier alpha value is -2.98. The molecule has 0 saturated heterocycles. The highest BCUT2D eigenvalue weighted by atomic mass is 35.5. The van der Waals surface area contributed by atoms with Crippen LogP contribution in [0.5, 0.6) is 17.2 Å². The van der Waals surface area contributed by atoms with Crippen LogP contribution in [0, 0.1) is 0 Å². The predicted octanol–water partition coefficient (Wildman–Crippen LogP) is 6.66. The van der Waals surface area contributed by atoms with Gasteiger partial charge in [0.25, 0.3) is 5.91 Å². The summed E-state index contributed by atoms with van der Waals surface area (Å²) in [4.78, 5) is 12.8. The van der Waals surface area contributed by atoms with Gasteiger partial charge < -0.3 is 14.8 Å². The number of halogens is 1. The first-order valence-corrected chi connectivity index (χ1v) is 9.90. The highest BCUT2D eigenvalue weighted by Gasteiger charge is 2.19. The highest BCUT2D eigenvalue weighted by molar-refractivity contribution is 6.31. The molecule has 5 heteroatoms. The number of carbonyl (C=O) groups excluding carboxylic acids is 1. The van der Waals surface area contributed by atoms with Crippen molar-refractivity contribution in [1.82, 2.24) is 0 Å². The molecule has 3 aromatic rings. The second-order valence-corrected chi connectivity index (χ2v) is 7.43. The van der Waals surface area contributed by atoms with E-state index >= 15 is 0 Å². The van der Waals surface area contributed by atoms with Crippen molar-refractivity contribution in [2.75, 3.05) is 5.32 Å². The predicted molar refractivity (Wildman–Crippen MR) is 117 cm³/mol. The van der Waals surface area contributed by atoms with E-state index in [1.54, 1.807) is 25.1 Å². The van der Waals surface area contributed by atoms with Gasteiger partial charge in [-0.1, -0.05) is 61.8 Å². The molecule has 0 radical (unpaired) electrons. The Kier molecular flexibility index (Phi) is 6.78. The van der Waals surface area contributed by atoms with Crippen LogP contribution < -0.4 is 14.8 Å². The van der Waals surface area contributed by atoms with E-state index in [1.165, 1.54) is 0 Å². The minimum absolute atomic E-state index is 0.288. The second kappa shape index (κ2) is 9.48. The summed E-state index contributed by atoms with van der Waals surface area (Å²) in [5.41, 5.74) is 1.54. The summed E-state index contributed by atoms with van der Waals surface area (Å²) in [5, 5.41) is 3.37. The van der Waals surface area contributed by atoms with E-state index in [0.29, 0.717) is 33.9 Å². The van der Waals surface area contributed by atoms with E-state index in [4.69, 9.17) is 21.1 Å². The van der Waals surface area contributed by atoms with E-state index in [2.05, 4.69) is 19.2 Å². The van der Waals surface area contributed by atoms with Crippen molar-refractivity contribution in [2.24, 2.45) is 0 Å². The number of amides is 1. The normalized spacial score (nSPS) is 11.8. The molecule has 0 spiro atoms. The van der Waals surface area contributed by atoms with Crippen LogP contribution in [0.3, 0.4) is 0 Å². The van der Waals surface area contributed by atoms with Crippen molar-refractivity contribution < 1.29 is 14.3 Å². The highest BCUT2D eigenvalue weighted by Crippen LogP contribution is 2.32. The van der Waals surface area contributed by atoms with Crippen molar-refractivity contribution >= 4 is 23.2 Å². The van der Waals surface area contributed by atoms with Gasteiger partial charge >= 0.3 is 0 Å². The first kappa shape index (κ1) is 20.7. The molecule has 1 amide bonds. The number of nitrogens with one attached hydrogen (secondary N) is 1. The largest absolute Gasteiger partial charge is 0.481 e. The van der Waals surface area contributed by atoms with Crippen molar-refractivity contribution in [3.05, 3.63) is 83.4 Å². The number of benzene rings is 3. The van der Waals surface area contributed by atoms with Crippen LogP contribution in [0.25, 0.3) is 0 Å². The number of hydrogen-bond acceptors (Lipinski definition) is 3. The molecule has 0 bridgehead atoms. The molecular weight excluding hydrogens is 386 g/mol. The topological polar surface area (TPSA) is 47.6 Å². The Bertz CT molecular complexity index is 973. The van der Waals surface area contributed by atoms with Gasteiger partial charge in [-0.05, 0) is 54.8 Å². The van der Waals surface area contributed by atoms with E-state index in [0.717, 1.165) is 5.56 Å². The van der Waals surface area contributed by atoms with E-state index in [-0.39, 0.29) is 5.91 Å². The van der Waals surface area contributed by atoms with Crippen molar-refractivity contribution in [2.45, 2.75) is 32.8 Å². The molecule has 150 valence electrons. The van der Waals surface area contributed by atoms with Gasteiger partial charge in [-0.3, -0.25) is 4.79 Å². The molecule has 1 atom stereocenters. The van der Waals surface area contributed by atoms with Gasteiger partial charge in [0.15, 0.2) is 11.9 Å². The molecule has 0 heterocycles. The minimum Gasteiger partial charge on any atom is -0.481 e. The molecule has 0 aliphatic rings. The number of para-hydroxylation sites is 2. The fourth-order valence-electron chi connectivity index (χ4n) is 2.85. The summed E-state index contributed by atoms with van der Waals surface area (Å²) in [7, 11) is 0. The van der Waals surface area contributed by atoms with Gasteiger partial charge in [-0.15, -0.1) is 0 Å². The Morgan fingerprint density at radius 2 is 1.59 bits per heavy atom. The molecule has 0 saturated carbocycles. The number of carbonyl (C=O) groups is 1. The monoisotopic (exact) mass is 409 g/mol. The van der Waals surface area contributed by atoms with E-state index in [1.807, 2.05) is 54.6 Å². The van der Waals surface area contributed by atoms with Gasteiger partial charge in [0.05, 0.1) is 5.69 Å². The molecule has 0 aliphatic heterocycles. The van der Waals surface area contributed by atoms with Crippen molar-refractivity contribution in [3.63, 3.8) is 0 Å². The standard InChI is InChI=1S/C24H24ClNO3/c1-16(2)20-11-7-8-12-22(20)28-17(3)24(27)26-21-15-18(25)13-14-23(21)29-19-9-5-4-6-10-19/h4-17H,1-3H3,(H,26,27)/t17-/m0/s1. The maximum absolute atomic E-state index is 12.8. The van der Waals surface area contributed by atoms with Crippen LogP contribution in [-0.4, -0.2) is 12.0 Å². The van der Waals surface area contributed by atoms with Gasteiger partial charge in [-0.2, -0.15) is 0 Å². The fraction of sp³-hybridized carbons (Fsp3) is 0.208. The molecular formula is C24H24ClNO3. The average molecular weight is 410 g/mol. The summed E-state index contributed by atoms with van der Waals surface area (Å²) in [6.45, 7) is 5.90. The molecule has 0 aromatic heterocycles. The van der Waals surface area contributed by atoms with Crippen LogP contribution in [0.4, 0.5) is 5.69 Å². The van der Waals surface area contributed by atoms with Crippen molar-refractivity contribution in [3.8, 4) is 17.2 Å². The second-order valence-electron chi connectivity index (χ2n) is 7.00. The third kappa shape index (κ3) is 5.52. The Morgan fingerprint density at radius 3 is 2.31 bits per heavy atom. The number of rotatable bonds is 7. The number of ether oxygens (including phenoxy) is 2. The smallest absolute Gasteiger partial charge is 0.265 e. The van der Waals surface area contributed by atoms with E-state index in [9.17, 15) is 4.79 Å². The zero-order valence-corrected chi connectivity index (χ0v) is 17.4. The molecule has 1 N–H and O–H groups in total. The third-order valence-electron chi connectivity index (χ3n) is 4.38. The number of hydrogen-bond donors (Lipinski definition) is 1. The summed E-state index contributed by atoms with van der Waals surface area (Å²) >= 11 is 6.13. The zero-order valence-electron chi connectivity index (χ0n) is 16.7. The zero-order chi connectivity index (χ0) is 20.8. The lowest BCUT2D eigenvalue weighted by Crippen LogP contribution is -2.30.